The molecule has 138 valence electrons. The van der Waals surface area contributed by atoms with Gasteiger partial charge >= 0.3 is 6.03 Å². The first-order valence-electron chi connectivity index (χ1n) is 8.52. The lowest BCUT2D eigenvalue weighted by molar-refractivity contribution is 0.0967. The second-order valence-corrected chi connectivity index (χ2v) is 7.70. The fraction of sp³-hybridized carbons (Fsp3) is 0.211. The van der Waals surface area contributed by atoms with Crippen LogP contribution in [-0.2, 0) is 0 Å². The van der Waals surface area contributed by atoms with E-state index in [1.165, 1.54) is 0 Å². The van der Waals surface area contributed by atoms with Crippen molar-refractivity contribution in [2.24, 2.45) is 4.99 Å². The molecule has 1 saturated heterocycles. The Balaban J connectivity index is 1.41. The van der Waals surface area contributed by atoms with E-state index in [0.717, 1.165) is 29.6 Å². The minimum absolute atomic E-state index is 0.0716. The molecule has 0 bridgehead atoms. The van der Waals surface area contributed by atoms with Crippen LogP contribution >= 0.6 is 23.4 Å². The molecule has 0 unspecified atom stereocenters. The zero-order valence-electron chi connectivity index (χ0n) is 14.3. The lowest BCUT2D eigenvalue weighted by Crippen LogP contribution is -2.34. The van der Waals surface area contributed by atoms with Crippen LogP contribution in [0.2, 0.25) is 5.02 Å². The number of rotatable bonds is 3. The zero-order chi connectivity index (χ0) is 18.8. The first-order valence-corrected chi connectivity index (χ1v) is 9.89. The van der Waals surface area contributed by atoms with Gasteiger partial charge in [-0.2, -0.15) is 0 Å². The van der Waals surface area contributed by atoms with Crippen molar-refractivity contribution in [1.82, 2.24) is 10.2 Å². The van der Waals surface area contributed by atoms with E-state index < -0.39 is 11.9 Å². The van der Waals surface area contributed by atoms with Crippen LogP contribution in [0.25, 0.3) is 0 Å². The number of anilines is 1. The molecular weight excluding hydrogens is 384 g/mol. The van der Waals surface area contributed by atoms with Gasteiger partial charge in [0.2, 0.25) is 0 Å². The topological polar surface area (TPSA) is 73.8 Å². The molecule has 0 aliphatic carbocycles. The molecule has 27 heavy (non-hydrogen) atoms. The van der Waals surface area contributed by atoms with E-state index in [9.17, 15) is 9.59 Å². The summed E-state index contributed by atoms with van der Waals surface area (Å²) in [6, 6.07) is 13.6. The smallest absolute Gasteiger partial charge is 0.326 e. The molecule has 2 aromatic rings. The molecular formula is C19H17ClN4O2S. The summed E-state index contributed by atoms with van der Waals surface area (Å²) in [6.45, 7) is 1.90. The molecule has 2 aromatic carbocycles. The Bertz CT molecular complexity index is 933. The zero-order valence-corrected chi connectivity index (χ0v) is 15.9. The molecule has 6 nitrogen and oxygen atoms in total. The van der Waals surface area contributed by atoms with Crippen molar-refractivity contribution in [3.05, 3.63) is 64.7 Å². The van der Waals surface area contributed by atoms with Gasteiger partial charge in [-0.25, -0.2) is 4.79 Å². The Kier molecular flexibility index (Phi) is 5.05. The molecule has 2 N–H and O–H groups in total. The van der Waals surface area contributed by atoms with Crippen molar-refractivity contribution < 1.29 is 9.59 Å². The predicted molar refractivity (Wildman–Crippen MR) is 109 cm³/mol. The van der Waals surface area contributed by atoms with Crippen molar-refractivity contribution in [1.29, 1.82) is 0 Å². The lowest BCUT2D eigenvalue weighted by Gasteiger charge is -2.14. The van der Waals surface area contributed by atoms with Gasteiger partial charge in [0.15, 0.2) is 5.17 Å². The number of hydrogen-bond donors (Lipinski definition) is 2. The number of amides is 3. The molecule has 0 radical (unpaired) electrons. The summed E-state index contributed by atoms with van der Waals surface area (Å²) in [4.78, 5) is 31.4. The number of benzene rings is 2. The number of fused-ring (bicyclic) bond motifs is 1. The van der Waals surface area contributed by atoms with Gasteiger partial charge in [0.05, 0.1) is 16.6 Å². The van der Waals surface area contributed by atoms with Crippen LogP contribution in [0.4, 0.5) is 10.5 Å². The van der Waals surface area contributed by atoms with E-state index in [0.29, 0.717) is 10.7 Å². The maximum atomic E-state index is 12.2. The van der Waals surface area contributed by atoms with Crippen LogP contribution in [0.1, 0.15) is 22.0 Å². The third-order valence-corrected chi connectivity index (χ3v) is 5.74. The van der Waals surface area contributed by atoms with Gasteiger partial charge in [-0.15, -0.1) is 0 Å². The number of carbonyl (C=O) groups excluding carboxylic acids is 2. The fourth-order valence-electron chi connectivity index (χ4n) is 3.09. The van der Waals surface area contributed by atoms with E-state index in [1.807, 2.05) is 18.2 Å². The summed E-state index contributed by atoms with van der Waals surface area (Å²) in [6.07, 6.45) is 0. The summed E-state index contributed by atoms with van der Waals surface area (Å²) < 4.78 is 0. The maximum Gasteiger partial charge on any atom is 0.326 e. The van der Waals surface area contributed by atoms with Crippen LogP contribution in [0.3, 0.4) is 0 Å². The molecule has 4 rings (SSSR count). The molecule has 2 aliphatic heterocycles. The number of nitrogens with one attached hydrogen (secondary N) is 2. The van der Waals surface area contributed by atoms with Gasteiger partial charge in [0.1, 0.15) is 0 Å². The number of hydrogen-bond acceptors (Lipinski definition) is 5. The summed E-state index contributed by atoms with van der Waals surface area (Å²) in [7, 11) is 0. The highest BCUT2D eigenvalue weighted by Crippen LogP contribution is 2.33. The second kappa shape index (κ2) is 7.62. The Morgan fingerprint density at radius 1 is 1.19 bits per heavy atom. The highest BCUT2D eigenvalue weighted by Gasteiger charge is 2.30. The molecule has 1 atom stereocenters. The number of halogens is 1. The van der Waals surface area contributed by atoms with E-state index in [1.54, 1.807) is 42.1 Å². The normalized spacial score (nSPS) is 18.0. The second-order valence-electron chi connectivity index (χ2n) is 6.24. The van der Waals surface area contributed by atoms with E-state index in [2.05, 4.69) is 15.5 Å². The van der Waals surface area contributed by atoms with Crippen molar-refractivity contribution in [3.8, 4) is 0 Å². The molecule has 8 heteroatoms. The van der Waals surface area contributed by atoms with Crippen LogP contribution in [0.5, 0.6) is 0 Å². The number of carbonyl (C=O) groups is 2. The molecule has 2 aliphatic rings. The Morgan fingerprint density at radius 3 is 2.85 bits per heavy atom. The van der Waals surface area contributed by atoms with Gasteiger partial charge in [0.25, 0.3) is 5.91 Å². The van der Waals surface area contributed by atoms with Crippen molar-refractivity contribution in [2.75, 3.05) is 24.2 Å². The summed E-state index contributed by atoms with van der Waals surface area (Å²) in [5, 5.41) is 6.38. The van der Waals surface area contributed by atoms with E-state index >= 15 is 0 Å². The van der Waals surface area contributed by atoms with Crippen LogP contribution in [0, 0.1) is 0 Å². The van der Waals surface area contributed by atoms with E-state index in [-0.39, 0.29) is 11.6 Å². The van der Waals surface area contributed by atoms with Crippen LogP contribution < -0.4 is 10.6 Å². The quantitative estimate of drug-likeness (QED) is 0.822. The minimum atomic E-state index is -0.606. The fourth-order valence-corrected chi connectivity index (χ4v) is 4.35. The van der Waals surface area contributed by atoms with E-state index in [4.69, 9.17) is 16.6 Å². The molecule has 1 fully saturated rings. The first-order chi connectivity index (χ1) is 13.1. The average Bonchev–Trinajstić information content (AvgIpc) is 3.24. The van der Waals surface area contributed by atoms with Crippen molar-refractivity contribution >= 4 is 46.2 Å². The van der Waals surface area contributed by atoms with Crippen LogP contribution in [0.15, 0.2) is 53.5 Å². The maximum absolute atomic E-state index is 12.2. The summed E-state index contributed by atoms with van der Waals surface area (Å²) in [5.41, 5.74) is 1.90. The number of thioether (sulfide) groups is 1. The van der Waals surface area contributed by atoms with Crippen molar-refractivity contribution in [2.45, 2.75) is 6.04 Å². The number of urea groups is 1. The number of nitrogens with zero attached hydrogens (tertiary/aromatic N) is 2. The summed E-state index contributed by atoms with van der Waals surface area (Å²) in [5.74, 6) is 0.543. The average molecular weight is 401 g/mol. The molecule has 3 amide bonds. The lowest BCUT2D eigenvalue weighted by atomic mass is 10.1. The predicted octanol–water partition coefficient (Wildman–Crippen LogP) is 3.76. The van der Waals surface area contributed by atoms with Gasteiger partial charge in [0, 0.05) is 24.5 Å². The van der Waals surface area contributed by atoms with Gasteiger partial charge in [-0.1, -0.05) is 47.6 Å². The van der Waals surface area contributed by atoms with Crippen LogP contribution in [-0.4, -0.2) is 40.8 Å². The summed E-state index contributed by atoms with van der Waals surface area (Å²) >= 11 is 7.77. The molecule has 0 aromatic heterocycles. The Morgan fingerprint density at radius 2 is 2.04 bits per heavy atom. The third kappa shape index (κ3) is 3.94. The first kappa shape index (κ1) is 17.9. The third-order valence-electron chi connectivity index (χ3n) is 4.40. The Hall–Kier alpha value is -2.51. The standard InChI is InChI=1S/C19H17ClN4O2S/c20-15-7-2-1-6-14(15)17(25)23-18(26)21-13-5-3-4-12(10-13)16-11-24-8-9-27-19(24)22-16/h1-7,10,16H,8-9,11H2,(H2,21,23,25,26)/t16-/m1/s1. The molecule has 0 spiro atoms. The molecule has 0 saturated carbocycles. The number of imide groups is 1. The van der Waals surface area contributed by atoms with Gasteiger partial charge < -0.3 is 10.2 Å². The Labute approximate surface area is 166 Å². The number of aliphatic imine (C=N–C) groups is 1. The highest BCUT2D eigenvalue weighted by molar-refractivity contribution is 8.14. The minimum Gasteiger partial charge on any atom is -0.348 e. The monoisotopic (exact) mass is 400 g/mol. The van der Waals surface area contributed by atoms with Gasteiger partial charge in [-0.3, -0.25) is 15.1 Å². The molecule has 2 heterocycles. The highest BCUT2D eigenvalue weighted by atomic mass is 35.5. The largest absolute Gasteiger partial charge is 0.348 e. The SMILES string of the molecule is O=C(NC(=O)c1ccccc1Cl)Nc1cccc([C@H]2CN3CCSC3=N2)c1. The van der Waals surface area contributed by atoms with Crippen molar-refractivity contribution in [3.63, 3.8) is 0 Å². The number of amidine groups is 1. The van der Waals surface area contributed by atoms with Gasteiger partial charge in [-0.05, 0) is 29.8 Å².